The minimum absolute atomic E-state index is 0.245. The zero-order chi connectivity index (χ0) is 17.8. The summed E-state index contributed by atoms with van der Waals surface area (Å²) < 4.78 is 28.3. The molecule has 0 radical (unpaired) electrons. The van der Waals surface area contributed by atoms with Crippen molar-refractivity contribution in [2.24, 2.45) is 0 Å². The van der Waals surface area contributed by atoms with E-state index in [0.29, 0.717) is 0 Å². The Labute approximate surface area is 145 Å². The zero-order valence-electron chi connectivity index (χ0n) is 14.7. The van der Waals surface area contributed by atoms with Gasteiger partial charge in [-0.3, -0.25) is 4.18 Å². The number of hydrogen-bond acceptors (Lipinski definition) is 5. The molecule has 0 fully saturated rings. The largest absolute Gasteiger partial charge is 0.270 e. The monoisotopic (exact) mass is 367 g/mol. The van der Waals surface area contributed by atoms with Crippen LogP contribution in [0.25, 0.3) is 5.69 Å². The van der Waals surface area contributed by atoms with Crippen LogP contribution in [0.1, 0.15) is 18.4 Å². The lowest BCUT2D eigenvalue weighted by Gasteiger charge is -2.09. The SMILES string of the molecule is C[Si](C)(C)c1cn(-c2ccc(CCCCOS(C)(=O)=O)cc2)nn1. The standard InChI is InChI=1S/C16H25N3O3SSi/c1-23(20,21)22-12-6-5-7-14-8-10-15(11-9-14)19-13-16(17-18-19)24(2,3)4/h8-11,13H,5-7,12H2,1-4H3. The summed E-state index contributed by atoms with van der Waals surface area (Å²) >= 11 is 0. The molecule has 0 spiro atoms. The van der Waals surface area contributed by atoms with Crippen molar-refractivity contribution in [1.82, 2.24) is 15.0 Å². The van der Waals surface area contributed by atoms with Crippen molar-refractivity contribution in [2.75, 3.05) is 12.9 Å². The Morgan fingerprint density at radius 3 is 2.33 bits per heavy atom. The Kier molecular flexibility index (Phi) is 5.95. The maximum absolute atomic E-state index is 10.9. The smallest absolute Gasteiger partial charge is 0.264 e. The van der Waals surface area contributed by atoms with Crippen LogP contribution in [-0.2, 0) is 20.7 Å². The molecule has 0 N–H and O–H groups in total. The zero-order valence-corrected chi connectivity index (χ0v) is 16.5. The second kappa shape index (κ2) is 7.58. The minimum Gasteiger partial charge on any atom is -0.270 e. The Bertz CT molecular complexity index is 765. The Hall–Kier alpha value is -1.51. The maximum atomic E-state index is 10.9. The topological polar surface area (TPSA) is 74.1 Å². The van der Waals surface area contributed by atoms with Crippen molar-refractivity contribution < 1.29 is 12.6 Å². The van der Waals surface area contributed by atoms with Gasteiger partial charge in [-0.05, 0) is 37.0 Å². The van der Waals surface area contributed by atoms with Gasteiger partial charge in [0.15, 0.2) is 0 Å². The molecule has 1 heterocycles. The number of hydrogen-bond donors (Lipinski definition) is 0. The fraction of sp³-hybridized carbons (Fsp3) is 0.500. The van der Waals surface area contributed by atoms with Crippen LogP contribution >= 0.6 is 0 Å². The summed E-state index contributed by atoms with van der Waals surface area (Å²) in [6, 6.07) is 8.21. The van der Waals surface area contributed by atoms with E-state index in [4.69, 9.17) is 4.18 Å². The van der Waals surface area contributed by atoms with Gasteiger partial charge >= 0.3 is 0 Å². The summed E-state index contributed by atoms with van der Waals surface area (Å²) in [4.78, 5) is 0. The highest BCUT2D eigenvalue weighted by Gasteiger charge is 2.20. The number of aryl methyl sites for hydroxylation is 1. The van der Waals surface area contributed by atoms with Crippen molar-refractivity contribution in [3.63, 3.8) is 0 Å². The molecule has 0 bridgehead atoms. The molecule has 0 unspecified atom stereocenters. The molecule has 1 aromatic carbocycles. The van der Waals surface area contributed by atoms with Gasteiger partial charge in [0.1, 0.15) is 8.07 Å². The third-order valence-electron chi connectivity index (χ3n) is 3.62. The van der Waals surface area contributed by atoms with Crippen molar-refractivity contribution in [3.8, 4) is 5.69 Å². The third-order valence-corrected chi connectivity index (χ3v) is 5.98. The summed E-state index contributed by atoms with van der Waals surface area (Å²) in [6.07, 6.45) is 5.59. The van der Waals surface area contributed by atoms with E-state index in [-0.39, 0.29) is 6.61 Å². The van der Waals surface area contributed by atoms with Crippen LogP contribution in [0, 0.1) is 0 Å². The van der Waals surface area contributed by atoms with Crippen LogP contribution < -0.4 is 5.32 Å². The van der Waals surface area contributed by atoms with E-state index in [2.05, 4.69) is 42.1 Å². The van der Waals surface area contributed by atoms with Crippen LogP contribution in [0.15, 0.2) is 30.5 Å². The van der Waals surface area contributed by atoms with Crippen molar-refractivity contribution in [1.29, 1.82) is 0 Å². The van der Waals surface area contributed by atoms with Crippen LogP contribution in [0.4, 0.5) is 0 Å². The van der Waals surface area contributed by atoms with Gasteiger partial charge in [0, 0.05) is 6.20 Å². The Morgan fingerprint density at radius 1 is 1.12 bits per heavy atom. The van der Waals surface area contributed by atoms with E-state index >= 15 is 0 Å². The van der Waals surface area contributed by atoms with Crippen LogP contribution in [0.2, 0.25) is 19.6 Å². The van der Waals surface area contributed by atoms with Gasteiger partial charge in [-0.25, -0.2) is 4.68 Å². The van der Waals surface area contributed by atoms with Crippen LogP contribution in [-0.4, -0.2) is 44.3 Å². The summed E-state index contributed by atoms with van der Waals surface area (Å²) in [5.74, 6) is 0. The summed E-state index contributed by atoms with van der Waals surface area (Å²) in [6.45, 7) is 6.99. The predicted octanol–water partition coefficient (Wildman–Crippen LogP) is 2.11. The number of rotatable bonds is 8. The van der Waals surface area contributed by atoms with Crippen molar-refractivity contribution in [3.05, 3.63) is 36.0 Å². The molecule has 1 aromatic heterocycles. The van der Waals surface area contributed by atoms with E-state index in [1.807, 2.05) is 23.0 Å². The normalized spacial score (nSPS) is 12.5. The van der Waals surface area contributed by atoms with Gasteiger partial charge in [0.25, 0.3) is 10.1 Å². The fourth-order valence-electron chi connectivity index (χ4n) is 2.19. The molecule has 132 valence electrons. The van der Waals surface area contributed by atoms with E-state index in [0.717, 1.165) is 36.5 Å². The number of aromatic nitrogens is 3. The molecule has 0 atom stereocenters. The third kappa shape index (κ3) is 5.84. The molecular formula is C16H25N3O3SSi. The number of nitrogens with zero attached hydrogens (tertiary/aromatic N) is 3. The molecule has 8 heteroatoms. The van der Waals surface area contributed by atoms with E-state index in [1.54, 1.807) is 0 Å². The molecule has 0 saturated carbocycles. The van der Waals surface area contributed by atoms with Gasteiger partial charge in [-0.2, -0.15) is 8.42 Å². The second-order valence-electron chi connectivity index (χ2n) is 6.95. The lowest BCUT2D eigenvalue weighted by atomic mass is 10.1. The van der Waals surface area contributed by atoms with E-state index in [9.17, 15) is 8.42 Å². The van der Waals surface area contributed by atoms with Crippen molar-refractivity contribution in [2.45, 2.75) is 38.9 Å². The van der Waals surface area contributed by atoms with Crippen molar-refractivity contribution >= 4 is 23.5 Å². The van der Waals surface area contributed by atoms with Crippen LogP contribution in [0.3, 0.4) is 0 Å². The molecule has 0 amide bonds. The summed E-state index contributed by atoms with van der Waals surface area (Å²) in [5.41, 5.74) is 2.21. The second-order valence-corrected chi connectivity index (χ2v) is 13.6. The number of unbranched alkanes of at least 4 members (excludes halogenated alkanes) is 1. The quantitative estimate of drug-likeness (QED) is 0.406. The highest BCUT2D eigenvalue weighted by atomic mass is 32.2. The van der Waals surface area contributed by atoms with Gasteiger partial charge in [0.2, 0.25) is 0 Å². The van der Waals surface area contributed by atoms with Crippen LogP contribution in [0.5, 0.6) is 0 Å². The first-order valence-corrected chi connectivity index (χ1v) is 13.3. The lowest BCUT2D eigenvalue weighted by Crippen LogP contribution is -2.38. The van der Waals surface area contributed by atoms with Gasteiger partial charge < -0.3 is 0 Å². The molecule has 24 heavy (non-hydrogen) atoms. The molecule has 2 rings (SSSR count). The summed E-state index contributed by atoms with van der Waals surface area (Å²) in [7, 11) is -4.77. The first-order chi connectivity index (χ1) is 11.1. The molecular weight excluding hydrogens is 342 g/mol. The average Bonchev–Trinajstić information content (AvgIpc) is 2.96. The molecule has 0 saturated heterocycles. The highest BCUT2D eigenvalue weighted by Crippen LogP contribution is 2.11. The lowest BCUT2D eigenvalue weighted by molar-refractivity contribution is 0.312. The first-order valence-electron chi connectivity index (χ1n) is 8.02. The van der Waals surface area contributed by atoms with Gasteiger partial charge in [-0.15, -0.1) is 5.10 Å². The highest BCUT2D eigenvalue weighted by molar-refractivity contribution is 7.85. The van der Waals surface area contributed by atoms with E-state index in [1.165, 1.54) is 5.56 Å². The molecule has 0 aliphatic carbocycles. The number of benzene rings is 1. The minimum atomic E-state index is -3.33. The molecule has 0 aliphatic heterocycles. The fourth-order valence-corrected chi connectivity index (χ4v) is 3.47. The maximum Gasteiger partial charge on any atom is 0.264 e. The van der Waals surface area contributed by atoms with Gasteiger partial charge in [0.05, 0.1) is 23.9 Å². The molecule has 0 aliphatic rings. The summed E-state index contributed by atoms with van der Waals surface area (Å²) in [5, 5.41) is 9.60. The molecule has 6 nitrogen and oxygen atoms in total. The van der Waals surface area contributed by atoms with Gasteiger partial charge in [-0.1, -0.05) is 37.0 Å². The van der Waals surface area contributed by atoms with E-state index < -0.39 is 18.2 Å². The Balaban J connectivity index is 1.88. The Morgan fingerprint density at radius 2 is 1.79 bits per heavy atom. The molecule has 2 aromatic rings. The first kappa shape index (κ1) is 18.8. The predicted molar refractivity (Wildman–Crippen MR) is 98.1 cm³/mol. The average molecular weight is 368 g/mol.